The molecule has 8 heteroatoms. The number of hydrogen-bond acceptors (Lipinski definition) is 4. The number of benzene rings is 1. The highest BCUT2D eigenvalue weighted by atomic mass is 79.9. The monoisotopic (exact) mass is 390 g/mol. The maximum absolute atomic E-state index is 12.5. The lowest BCUT2D eigenvalue weighted by Gasteiger charge is -2.14. The molecule has 2 aromatic rings. The molecule has 0 saturated carbocycles. The van der Waals surface area contributed by atoms with E-state index in [2.05, 4.69) is 25.6 Å². The van der Waals surface area contributed by atoms with Gasteiger partial charge in [0.1, 0.15) is 0 Å². The van der Waals surface area contributed by atoms with Crippen molar-refractivity contribution in [3.8, 4) is 0 Å². The number of anilines is 1. The molecule has 2 N–H and O–H groups in total. The Hall–Kier alpha value is -1.15. The molecule has 0 aliphatic rings. The zero-order valence-corrected chi connectivity index (χ0v) is 14.1. The number of aliphatic hydroxyl groups excluding tert-OH is 1. The van der Waals surface area contributed by atoms with Gasteiger partial charge in [-0.3, -0.25) is 9.71 Å². The average Bonchev–Trinajstić information content (AvgIpc) is 2.43. The molecule has 0 radical (unpaired) electrons. The van der Waals surface area contributed by atoms with Crippen molar-refractivity contribution in [1.82, 2.24) is 4.98 Å². The van der Waals surface area contributed by atoms with Crippen LogP contribution in [0.4, 0.5) is 5.69 Å². The summed E-state index contributed by atoms with van der Waals surface area (Å²) in [7, 11) is -3.82. The Balaban J connectivity index is 2.50. The van der Waals surface area contributed by atoms with E-state index in [0.717, 1.165) is 0 Å². The predicted octanol–water partition coefficient (Wildman–Crippen LogP) is 3.10. The zero-order chi connectivity index (χ0) is 15.6. The number of rotatable bonds is 4. The van der Waals surface area contributed by atoms with Crippen molar-refractivity contribution >= 4 is 43.2 Å². The third-order valence-corrected chi connectivity index (χ3v) is 5.25. The van der Waals surface area contributed by atoms with Gasteiger partial charge in [0, 0.05) is 17.4 Å². The van der Waals surface area contributed by atoms with Gasteiger partial charge in [-0.05, 0) is 52.2 Å². The van der Waals surface area contributed by atoms with E-state index in [1.807, 2.05) is 0 Å². The van der Waals surface area contributed by atoms with E-state index < -0.39 is 10.0 Å². The molecule has 0 saturated heterocycles. The summed E-state index contributed by atoms with van der Waals surface area (Å²) in [5.74, 6) is 0. The molecule has 0 fully saturated rings. The molecule has 2 rings (SSSR count). The number of aliphatic hydroxyl groups is 1. The van der Waals surface area contributed by atoms with Gasteiger partial charge in [0.15, 0.2) is 0 Å². The van der Waals surface area contributed by atoms with Crippen LogP contribution in [0, 0.1) is 6.92 Å². The molecule has 5 nitrogen and oxygen atoms in total. The SMILES string of the molecule is Cc1c(CO)cc(Cl)cc1S(=O)(=O)Nc1ccncc1Br. The van der Waals surface area contributed by atoms with Crippen LogP contribution in [-0.2, 0) is 16.6 Å². The second kappa shape index (κ2) is 6.31. The first-order valence-corrected chi connectivity index (χ1v) is 8.53. The van der Waals surface area contributed by atoms with Gasteiger partial charge >= 0.3 is 0 Å². The molecule has 1 heterocycles. The minimum atomic E-state index is -3.82. The molecule has 1 aromatic carbocycles. The minimum Gasteiger partial charge on any atom is -0.392 e. The quantitative estimate of drug-likeness (QED) is 0.839. The van der Waals surface area contributed by atoms with Crippen molar-refractivity contribution in [2.75, 3.05) is 4.72 Å². The van der Waals surface area contributed by atoms with Gasteiger partial charge in [0.2, 0.25) is 0 Å². The second-order valence-electron chi connectivity index (χ2n) is 4.31. The Morgan fingerprint density at radius 3 is 2.76 bits per heavy atom. The van der Waals surface area contributed by atoms with Crippen LogP contribution in [0.1, 0.15) is 11.1 Å². The van der Waals surface area contributed by atoms with E-state index in [0.29, 0.717) is 21.3 Å². The maximum atomic E-state index is 12.5. The summed E-state index contributed by atoms with van der Waals surface area (Å²) in [5, 5.41) is 9.53. The van der Waals surface area contributed by atoms with Gasteiger partial charge in [-0.25, -0.2) is 8.42 Å². The Labute approximate surface area is 136 Å². The number of hydrogen-bond donors (Lipinski definition) is 2. The first-order valence-electron chi connectivity index (χ1n) is 5.87. The van der Waals surface area contributed by atoms with Crippen molar-refractivity contribution in [3.63, 3.8) is 0 Å². The summed E-state index contributed by atoms with van der Waals surface area (Å²) in [4.78, 5) is 3.90. The number of nitrogens with zero attached hydrogens (tertiary/aromatic N) is 1. The van der Waals surface area contributed by atoms with E-state index in [1.165, 1.54) is 30.6 Å². The summed E-state index contributed by atoms with van der Waals surface area (Å²) < 4.78 is 28.0. The molecule has 0 atom stereocenters. The molecule has 21 heavy (non-hydrogen) atoms. The van der Waals surface area contributed by atoms with E-state index in [4.69, 9.17) is 11.6 Å². The van der Waals surface area contributed by atoms with E-state index in [1.54, 1.807) is 6.92 Å². The predicted molar refractivity (Wildman–Crippen MR) is 84.9 cm³/mol. The fraction of sp³-hybridized carbons (Fsp3) is 0.154. The van der Waals surface area contributed by atoms with Crippen molar-refractivity contribution in [3.05, 3.63) is 51.2 Å². The van der Waals surface area contributed by atoms with Crippen molar-refractivity contribution in [1.29, 1.82) is 0 Å². The Bertz CT molecular complexity index is 781. The second-order valence-corrected chi connectivity index (χ2v) is 7.25. The standard InChI is InChI=1S/C13H12BrClN2O3S/c1-8-9(7-18)4-10(15)5-13(8)21(19,20)17-12-2-3-16-6-11(12)14/h2-6,18H,7H2,1H3,(H,16,17). The molecule has 0 amide bonds. The van der Waals surface area contributed by atoms with Crippen LogP contribution in [0.2, 0.25) is 5.02 Å². The van der Waals surface area contributed by atoms with Crippen LogP contribution in [0.25, 0.3) is 0 Å². The van der Waals surface area contributed by atoms with E-state index >= 15 is 0 Å². The molecule has 1 aromatic heterocycles. The van der Waals surface area contributed by atoms with Crippen molar-refractivity contribution in [2.24, 2.45) is 0 Å². The van der Waals surface area contributed by atoms with Crippen LogP contribution < -0.4 is 4.72 Å². The Kier molecular flexibility index (Phi) is 4.88. The number of halogens is 2. The molecule has 0 aliphatic heterocycles. The summed E-state index contributed by atoms with van der Waals surface area (Å²) in [6, 6.07) is 4.43. The van der Waals surface area contributed by atoms with Gasteiger partial charge < -0.3 is 5.11 Å². The Morgan fingerprint density at radius 2 is 2.14 bits per heavy atom. The fourth-order valence-corrected chi connectivity index (χ4v) is 3.99. The lowest BCUT2D eigenvalue weighted by molar-refractivity contribution is 0.280. The van der Waals surface area contributed by atoms with Crippen LogP contribution in [0.3, 0.4) is 0 Å². The lowest BCUT2D eigenvalue weighted by Crippen LogP contribution is -2.15. The normalized spacial score (nSPS) is 11.4. The van der Waals surface area contributed by atoms with Gasteiger partial charge in [-0.2, -0.15) is 0 Å². The number of pyridine rings is 1. The van der Waals surface area contributed by atoms with E-state index in [9.17, 15) is 13.5 Å². The van der Waals surface area contributed by atoms with Gasteiger partial charge in [0.05, 0.1) is 21.7 Å². The number of nitrogens with one attached hydrogen (secondary N) is 1. The third-order valence-electron chi connectivity index (χ3n) is 2.91. The highest BCUT2D eigenvalue weighted by Crippen LogP contribution is 2.28. The highest BCUT2D eigenvalue weighted by Gasteiger charge is 2.20. The first-order chi connectivity index (χ1) is 9.85. The van der Waals surface area contributed by atoms with Gasteiger partial charge in [-0.15, -0.1) is 0 Å². The Morgan fingerprint density at radius 1 is 1.43 bits per heavy atom. The van der Waals surface area contributed by atoms with Crippen LogP contribution in [0.15, 0.2) is 40.0 Å². The third kappa shape index (κ3) is 3.55. The van der Waals surface area contributed by atoms with Gasteiger partial charge in [-0.1, -0.05) is 11.6 Å². The fourth-order valence-electron chi connectivity index (χ4n) is 1.81. The average molecular weight is 392 g/mol. The molecular weight excluding hydrogens is 380 g/mol. The molecule has 0 bridgehead atoms. The van der Waals surface area contributed by atoms with Gasteiger partial charge in [0.25, 0.3) is 10.0 Å². The van der Waals surface area contributed by atoms with Crippen LogP contribution >= 0.6 is 27.5 Å². The molecule has 112 valence electrons. The summed E-state index contributed by atoms with van der Waals surface area (Å²) in [5.41, 5.74) is 1.30. The molecule has 0 unspecified atom stereocenters. The van der Waals surface area contributed by atoms with E-state index in [-0.39, 0.29) is 16.5 Å². The van der Waals surface area contributed by atoms with Crippen molar-refractivity contribution < 1.29 is 13.5 Å². The number of aromatic nitrogens is 1. The first kappa shape index (κ1) is 16.2. The summed E-state index contributed by atoms with van der Waals surface area (Å²) in [6.45, 7) is 1.34. The van der Waals surface area contributed by atoms with Crippen molar-refractivity contribution in [2.45, 2.75) is 18.4 Å². The molecule has 0 spiro atoms. The number of sulfonamides is 1. The molecular formula is C13H12BrClN2O3S. The topological polar surface area (TPSA) is 79.3 Å². The molecule has 0 aliphatic carbocycles. The maximum Gasteiger partial charge on any atom is 0.262 e. The minimum absolute atomic E-state index is 0.0303. The summed E-state index contributed by atoms with van der Waals surface area (Å²) >= 11 is 9.15. The largest absolute Gasteiger partial charge is 0.392 e. The van der Waals surface area contributed by atoms with Crippen LogP contribution in [0.5, 0.6) is 0 Å². The van der Waals surface area contributed by atoms with Crippen LogP contribution in [-0.4, -0.2) is 18.5 Å². The highest BCUT2D eigenvalue weighted by molar-refractivity contribution is 9.10. The smallest absolute Gasteiger partial charge is 0.262 e. The zero-order valence-electron chi connectivity index (χ0n) is 11.0. The summed E-state index contributed by atoms with van der Waals surface area (Å²) in [6.07, 6.45) is 2.97. The lowest BCUT2D eigenvalue weighted by atomic mass is 10.1.